The van der Waals surface area contributed by atoms with Crippen molar-refractivity contribution < 1.29 is 14.0 Å². The van der Waals surface area contributed by atoms with E-state index in [0.717, 1.165) is 6.07 Å². The molecule has 1 rings (SSSR count). The molecule has 0 fully saturated rings. The standard InChI is InChI=1S/C13H18FN3O2/c1-13(2,15)12(19)16-8-5-6-10(14)9(7-8)11(18)17(3)4/h5-7H,15H2,1-4H3,(H,16,19). The summed E-state index contributed by atoms with van der Waals surface area (Å²) in [5.41, 5.74) is 4.82. The number of rotatable bonds is 3. The molecule has 6 heteroatoms. The second kappa shape index (κ2) is 5.36. The molecule has 0 aliphatic rings. The normalized spacial score (nSPS) is 11.1. The van der Waals surface area contributed by atoms with E-state index < -0.39 is 23.2 Å². The molecule has 3 N–H and O–H groups in total. The van der Waals surface area contributed by atoms with E-state index in [0.29, 0.717) is 5.69 Å². The van der Waals surface area contributed by atoms with Crippen molar-refractivity contribution in [1.29, 1.82) is 0 Å². The first-order valence-electron chi connectivity index (χ1n) is 5.74. The maximum absolute atomic E-state index is 13.6. The van der Waals surface area contributed by atoms with Crippen molar-refractivity contribution in [2.24, 2.45) is 5.73 Å². The van der Waals surface area contributed by atoms with Gasteiger partial charge < -0.3 is 16.0 Å². The van der Waals surface area contributed by atoms with Crippen LogP contribution < -0.4 is 11.1 Å². The fourth-order valence-corrected chi connectivity index (χ4v) is 1.30. The maximum Gasteiger partial charge on any atom is 0.256 e. The Morgan fingerprint density at radius 2 is 1.89 bits per heavy atom. The Labute approximate surface area is 111 Å². The molecular weight excluding hydrogens is 249 g/mol. The largest absolute Gasteiger partial charge is 0.345 e. The third kappa shape index (κ3) is 3.75. The van der Waals surface area contributed by atoms with Gasteiger partial charge in [0, 0.05) is 19.8 Å². The van der Waals surface area contributed by atoms with Crippen molar-refractivity contribution in [2.45, 2.75) is 19.4 Å². The molecule has 1 aromatic carbocycles. The number of anilines is 1. The number of amides is 2. The smallest absolute Gasteiger partial charge is 0.256 e. The Bertz CT molecular complexity index is 507. The Hall–Kier alpha value is -1.95. The highest BCUT2D eigenvalue weighted by Gasteiger charge is 2.22. The second-order valence-corrected chi connectivity index (χ2v) is 5.07. The van der Waals surface area contributed by atoms with E-state index in [1.165, 1.54) is 31.1 Å². The maximum atomic E-state index is 13.6. The first-order chi connectivity index (χ1) is 8.62. The molecule has 0 spiro atoms. The number of nitrogens with one attached hydrogen (secondary N) is 1. The molecule has 0 saturated heterocycles. The van der Waals surface area contributed by atoms with Crippen molar-refractivity contribution in [1.82, 2.24) is 4.90 Å². The van der Waals surface area contributed by atoms with Gasteiger partial charge in [-0.1, -0.05) is 0 Å². The third-order valence-electron chi connectivity index (χ3n) is 2.45. The summed E-state index contributed by atoms with van der Waals surface area (Å²) in [5, 5.41) is 2.54. The van der Waals surface area contributed by atoms with Crippen molar-refractivity contribution in [3.63, 3.8) is 0 Å². The molecule has 2 amide bonds. The van der Waals surface area contributed by atoms with Gasteiger partial charge in [-0.25, -0.2) is 4.39 Å². The van der Waals surface area contributed by atoms with Gasteiger partial charge in [0.1, 0.15) is 5.82 Å². The molecule has 1 aromatic rings. The fraction of sp³-hybridized carbons (Fsp3) is 0.385. The van der Waals surface area contributed by atoms with Crippen molar-refractivity contribution in [3.8, 4) is 0 Å². The van der Waals surface area contributed by atoms with E-state index >= 15 is 0 Å². The second-order valence-electron chi connectivity index (χ2n) is 5.07. The molecule has 0 aliphatic carbocycles. The monoisotopic (exact) mass is 267 g/mol. The van der Waals surface area contributed by atoms with Crippen LogP contribution in [0.3, 0.4) is 0 Å². The highest BCUT2D eigenvalue weighted by Crippen LogP contribution is 2.17. The molecule has 5 nitrogen and oxygen atoms in total. The number of benzene rings is 1. The van der Waals surface area contributed by atoms with E-state index in [1.807, 2.05) is 0 Å². The average molecular weight is 267 g/mol. The molecule has 0 saturated carbocycles. The van der Waals surface area contributed by atoms with Crippen molar-refractivity contribution in [3.05, 3.63) is 29.6 Å². The van der Waals surface area contributed by atoms with Crippen LogP contribution in [0.5, 0.6) is 0 Å². The van der Waals surface area contributed by atoms with Crippen molar-refractivity contribution in [2.75, 3.05) is 19.4 Å². The zero-order chi connectivity index (χ0) is 14.8. The predicted molar refractivity (Wildman–Crippen MR) is 71.3 cm³/mol. The summed E-state index contributed by atoms with van der Waals surface area (Å²) in [6.45, 7) is 3.11. The third-order valence-corrected chi connectivity index (χ3v) is 2.45. The molecule has 0 unspecified atom stereocenters. The summed E-state index contributed by atoms with van der Waals surface area (Å²) in [6, 6.07) is 3.81. The van der Waals surface area contributed by atoms with Gasteiger partial charge in [0.15, 0.2) is 0 Å². The lowest BCUT2D eigenvalue weighted by atomic mass is 10.1. The Morgan fingerprint density at radius 1 is 1.32 bits per heavy atom. The zero-order valence-electron chi connectivity index (χ0n) is 11.5. The van der Waals surface area contributed by atoms with Gasteiger partial charge in [-0.05, 0) is 32.0 Å². The van der Waals surface area contributed by atoms with Crippen LogP contribution in [0.25, 0.3) is 0 Å². The number of carbonyl (C=O) groups excluding carboxylic acids is 2. The van der Waals surface area contributed by atoms with Gasteiger partial charge in [0.2, 0.25) is 5.91 Å². The van der Waals surface area contributed by atoms with Gasteiger partial charge in [-0.3, -0.25) is 9.59 Å². The van der Waals surface area contributed by atoms with Crippen LogP contribution in [-0.4, -0.2) is 36.3 Å². The van der Waals surface area contributed by atoms with Gasteiger partial charge in [-0.2, -0.15) is 0 Å². The number of nitrogens with two attached hydrogens (primary N) is 1. The van der Waals surface area contributed by atoms with Crippen LogP contribution in [0, 0.1) is 5.82 Å². The molecule has 0 bridgehead atoms. The summed E-state index contributed by atoms with van der Waals surface area (Å²) in [6.07, 6.45) is 0. The molecular formula is C13H18FN3O2. The highest BCUT2D eigenvalue weighted by molar-refractivity contribution is 5.99. The van der Waals surface area contributed by atoms with E-state index in [9.17, 15) is 14.0 Å². The highest BCUT2D eigenvalue weighted by atomic mass is 19.1. The number of hydrogen-bond donors (Lipinski definition) is 2. The predicted octanol–water partition coefficient (Wildman–Crippen LogP) is 1.20. The average Bonchev–Trinajstić information content (AvgIpc) is 2.29. The minimum Gasteiger partial charge on any atom is -0.345 e. The minimum atomic E-state index is -1.06. The lowest BCUT2D eigenvalue weighted by Crippen LogP contribution is -2.45. The quantitative estimate of drug-likeness (QED) is 0.864. The Balaban J connectivity index is 3.04. The van der Waals surface area contributed by atoms with Gasteiger partial charge in [0.25, 0.3) is 5.91 Å². The number of carbonyl (C=O) groups is 2. The van der Waals surface area contributed by atoms with Crippen LogP contribution in [-0.2, 0) is 4.79 Å². The number of nitrogens with zero attached hydrogens (tertiary/aromatic N) is 1. The topological polar surface area (TPSA) is 75.4 Å². The Kier molecular flexibility index (Phi) is 4.26. The summed E-state index contributed by atoms with van der Waals surface area (Å²) in [7, 11) is 3.05. The molecule has 19 heavy (non-hydrogen) atoms. The summed E-state index contributed by atoms with van der Waals surface area (Å²) in [5.74, 6) is -1.52. The minimum absolute atomic E-state index is 0.0994. The van der Waals surface area contributed by atoms with Crippen molar-refractivity contribution >= 4 is 17.5 Å². The van der Waals surface area contributed by atoms with Gasteiger partial charge in [-0.15, -0.1) is 0 Å². The summed E-state index contributed by atoms with van der Waals surface area (Å²) in [4.78, 5) is 24.7. The van der Waals surface area contributed by atoms with Crippen LogP contribution in [0.2, 0.25) is 0 Å². The van der Waals surface area contributed by atoms with Crippen LogP contribution in [0.15, 0.2) is 18.2 Å². The lowest BCUT2D eigenvalue weighted by molar-refractivity contribution is -0.120. The fourth-order valence-electron chi connectivity index (χ4n) is 1.30. The van der Waals surface area contributed by atoms with E-state index in [-0.39, 0.29) is 5.56 Å². The van der Waals surface area contributed by atoms with Crippen LogP contribution in [0.1, 0.15) is 24.2 Å². The van der Waals surface area contributed by atoms with E-state index in [4.69, 9.17) is 5.73 Å². The first kappa shape index (κ1) is 15.1. The molecule has 0 radical (unpaired) electrons. The molecule has 0 aliphatic heterocycles. The van der Waals surface area contributed by atoms with Crippen LogP contribution in [0.4, 0.5) is 10.1 Å². The number of hydrogen-bond acceptors (Lipinski definition) is 3. The summed E-state index contributed by atoms with van der Waals surface area (Å²) >= 11 is 0. The SMILES string of the molecule is CN(C)C(=O)c1cc(NC(=O)C(C)(C)N)ccc1F. The zero-order valence-corrected chi connectivity index (χ0v) is 11.5. The van der Waals surface area contributed by atoms with Gasteiger partial charge in [0.05, 0.1) is 11.1 Å². The molecule has 0 heterocycles. The van der Waals surface area contributed by atoms with E-state index in [2.05, 4.69) is 5.32 Å². The molecule has 104 valence electrons. The Morgan fingerprint density at radius 3 is 2.37 bits per heavy atom. The first-order valence-corrected chi connectivity index (χ1v) is 5.74. The van der Waals surface area contributed by atoms with Gasteiger partial charge >= 0.3 is 0 Å². The van der Waals surface area contributed by atoms with E-state index in [1.54, 1.807) is 13.8 Å². The van der Waals surface area contributed by atoms with Crippen LogP contribution >= 0.6 is 0 Å². The lowest BCUT2D eigenvalue weighted by Gasteiger charge is -2.18. The number of halogens is 1. The molecule has 0 aromatic heterocycles. The molecule has 0 atom stereocenters. The summed E-state index contributed by atoms with van der Waals surface area (Å²) < 4.78 is 13.6.